The Morgan fingerprint density at radius 3 is 2.37 bits per heavy atom. The Labute approximate surface area is 153 Å². The van der Waals surface area contributed by atoms with Gasteiger partial charge >= 0.3 is 5.92 Å². The van der Waals surface area contributed by atoms with Gasteiger partial charge in [-0.1, -0.05) is 18.2 Å². The van der Waals surface area contributed by atoms with Crippen molar-refractivity contribution in [1.29, 1.82) is 0 Å². The van der Waals surface area contributed by atoms with Crippen LogP contribution in [0.1, 0.15) is 22.8 Å². The molecule has 146 valence electrons. The van der Waals surface area contributed by atoms with E-state index in [0.717, 1.165) is 11.6 Å². The first-order valence-corrected chi connectivity index (χ1v) is 8.22. The zero-order valence-electron chi connectivity index (χ0n) is 14.3. The van der Waals surface area contributed by atoms with Gasteiger partial charge in [0.25, 0.3) is 0 Å². The lowest BCUT2D eigenvalue weighted by Crippen LogP contribution is -2.58. The van der Waals surface area contributed by atoms with Gasteiger partial charge in [0, 0.05) is 6.42 Å². The lowest BCUT2D eigenvalue weighted by atomic mass is 9.91. The third kappa shape index (κ3) is 3.79. The average molecular weight is 384 g/mol. The lowest BCUT2D eigenvalue weighted by molar-refractivity contribution is -0.345. The monoisotopic (exact) mass is 384 g/mol. The van der Waals surface area contributed by atoms with Crippen molar-refractivity contribution in [3.63, 3.8) is 0 Å². The van der Waals surface area contributed by atoms with Crippen molar-refractivity contribution in [3.05, 3.63) is 65.0 Å². The van der Waals surface area contributed by atoms with Crippen molar-refractivity contribution in [2.24, 2.45) is 0 Å². The van der Waals surface area contributed by atoms with Crippen LogP contribution in [0.3, 0.4) is 0 Å². The number of benzene rings is 2. The second-order valence-electron chi connectivity index (χ2n) is 6.39. The minimum Gasteiger partial charge on any atom is -0.497 e. The molecule has 1 aliphatic rings. The molecule has 5 nitrogen and oxygen atoms in total. The zero-order valence-corrected chi connectivity index (χ0v) is 14.3. The maximum atomic E-state index is 14.2. The van der Waals surface area contributed by atoms with Crippen molar-refractivity contribution in [2.45, 2.75) is 36.9 Å². The molecule has 2 aromatic rings. The van der Waals surface area contributed by atoms with E-state index in [9.17, 15) is 28.5 Å². The van der Waals surface area contributed by atoms with Crippen molar-refractivity contribution in [1.82, 2.24) is 0 Å². The van der Waals surface area contributed by atoms with Crippen molar-refractivity contribution < 1.29 is 38.0 Å². The van der Waals surface area contributed by atoms with Gasteiger partial charge in [0.1, 0.15) is 23.8 Å². The highest BCUT2D eigenvalue weighted by atomic mass is 19.3. The van der Waals surface area contributed by atoms with E-state index in [1.165, 1.54) is 19.2 Å². The average Bonchev–Trinajstić information content (AvgIpc) is 2.66. The number of hydrogen-bond donors (Lipinski definition) is 3. The van der Waals surface area contributed by atoms with Crippen LogP contribution in [-0.2, 0) is 11.2 Å². The summed E-state index contributed by atoms with van der Waals surface area (Å²) in [5.41, 5.74) is 1.19. The molecule has 8 heteroatoms. The number of halogens is 3. The predicted octanol–water partition coefficient (Wildman–Crippen LogP) is 2.17. The maximum absolute atomic E-state index is 14.2. The highest BCUT2D eigenvalue weighted by Crippen LogP contribution is 2.40. The van der Waals surface area contributed by atoms with Crippen LogP contribution in [0.4, 0.5) is 13.2 Å². The van der Waals surface area contributed by atoms with Gasteiger partial charge in [-0.3, -0.25) is 0 Å². The van der Waals surface area contributed by atoms with E-state index in [0.29, 0.717) is 5.75 Å². The Kier molecular flexibility index (Phi) is 5.43. The number of hydrogen-bond acceptors (Lipinski definition) is 5. The Balaban J connectivity index is 1.86. The van der Waals surface area contributed by atoms with Crippen molar-refractivity contribution in [2.75, 3.05) is 7.11 Å². The van der Waals surface area contributed by atoms with Gasteiger partial charge in [0.15, 0.2) is 6.10 Å². The number of aliphatic hydroxyl groups excluding tert-OH is 3. The van der Waals surface area contributed by atoms with E-state index in [2.05, 4.69) is 0 Å². The molecule has 0 unspecified atom stereocenters. The van der Waals surface area contributed by atoms with Gasteiger partial charge in [0.2, 0.25) is 6.29 Å². The summed E-state index contributed by atoms with van der Waals surface area (Å²) in [6, 6.07) is 10.7. The van der Waals surface area contributed by atoms with E-state index in [-0.39, 0.29) is 17.5 Å². The fraction of sp³-hybridized carbons (Fsp3) is 0.368. The van der Waals surface area contributed by atoms with Crippen LogP contribution in [0.25, 0.3) is 0 Å². The summed E-state index contributed by atoms with van der Waals surface area (Å²) in [5, 5.41) is 29.0. The summed E-state index contributed by atoms with van der Waals surface area (Å²) in [5.74, 6) is -3.89. The van der Waals surface area contributed by atoms with Crippen LogP contribution in [0.15, 0.2) is 42.5 Å². The van der Waals surface area contributed by atoms with Crippen molar-refractivity contribution in [3.8, 4) is 5.75 Å². The molecule has 1 saturated heterocycles. The van der Waals surface area contributed by atoms with Gasteiger partial charge in [-0.2, -0.15) is 8.78 Å². The van der Waals surface area contributed by atoms with Gasteiger partial charge in [0.05, 0.1) is 7.11 Å². The van der Waals surface area contributed by atoms with Crippen molar-refractivity contribution >= 4 is 0 Å². The molecule has 3 N–H and O–H groups in total. The van der Waals surface area contributed by atoms with Crippen LogP contribution in [0, 0.1) is 5.82 Å². The summed E-state index contributed by atoms with van der Waals surface area (Å²) >= 11 is 0. The first-order chi connectivity index (χ1) is 12.7. The second kappa shape index (κ2) is 7.47. The molecular weight excluding hydrogens is 365 g/mol. The molecule has 0 aromatic heterocycles. The molecule has 0 amide bonds. The lowest BCUT2D eigenvalue weighted by Gasteiger charge is -2.40. The van der Waals surface area contributed by atoms with Crippen LogP contribution < -0.4 is 4.74 Å². The molecule has 3 rings (SSSR count). The molecule has 0 radical (unpaired) electrons. The molecule has 1 fully saturated rings. The van der Waals surface area contributed by atoms with E-state index < -0.39 is 36.3 Å². The van der Waals surface area contributed by atoms with Gasteiger partial charge in [-0.05, 0) is 41.0 Å². The van der Waals surface area contributed by atoms with E-state index in [1.54, 1.807) is 24.3 Å². The quantitative estimate of drug-likeness (QED) is 0.753. The van der Waals surface area contributed by atoms with Gasteiger partial charge in [-0.15, -0.1) is 0 Å². The number of methoxy groups -OCH3 is 1. The molecule has 0 saturated carbocycles. The minimum atomic E-state index is -4.01. The molecule has 0 spiro atoms. The maximum Gasteiger partial charge on any atom is 0.325 e. The van der Waals surface area contributed by atoms with E-state index in [4.69, 9.17) is 9.47 Å². The summed E-state index contributed by atoms with van der Waals surface area (Å²) in [6.07, 6.45) is -8.31. The fourth-order valence-corrected chi connectivity index (χ4v) is 3.00. The highest BCUT2D eigenvalue weighted by molar-refractivity contribution is 5.35. The Bertz CT molecular complexity index is 796. The standard InChI is InChI=1S/C19H19F3O5/c1-26-13-5-2-10(3-6-13)8-12-9-11(4-7-14(12)20)16-15(23)17(24)19(21,22)18(25)27-16/h2-7,9,15-18,23-25H,8H2,1H3/t15-,16-,17+,18-/m0/s1. The van der Waals surface area contributed by atoms with Gasteiger partial charge < -0.3 is 24.8 Å². The Morgan fingerprint density at radius 1 is 1.07 bits per heavy atom. The third-order valence-corrected chi connectivity index (χ3v) is 4.58. The number of ether oxygens (including phenoxy) is 2. The van der Waals surface area contributed by atoms with Gasteiger partial charge in [-0.25, -0.2) is 4.39 Å². The molecule has 2 aromatic carbocycles. The summed E-state index contributed by atoms with van der Waals surface area (Å²) < 4.78 is 51.2. The molecule has 0 bridgehead atoms. The molecule has 1 aliphatic heterocycles. The van der Waals surface area contributed by atoms with Crippen LogP contribution in [-0.4, -0.2) is 46.8 Å². The Hall–Kier alpha value is -2.13. The molecular formula is C19H19F3O5. The summed E-state index contributed by atoms with van der Waals surface area (Å²) in [6.45, 7) is 0. The SMILES string of the molecule is COc1ccc(Cc2cc([C@@H]3O[C@H](O)C(F)(F)[C@H](O)[C@H]3O)ccc2F)cc1. The third-order valence-electron chi connectivity index (χ3n) is 4.58. The van der Waals surface area contributed by atoms with E-state index >= 15 is 0 Å². The fourth-order valence-electron chi connectivity index (χ4n) is 3.00. The first kappa shape index (κ1) is 19.6. The largest absolute Gasteiger partial charge is 0.497 e. The topological polar surface area (TPSA) is 79.2 Å². The number of alkyl halides is 2. The summed E-state index contributed by atoms with van der Waals surface area (Å²) in [4.78, 5) is 0. The van der Waals surface area contributed by atoms with E-state index in [1.807, 2.05) is 0 Å². The number of aliphatic hydroxyl groups is 3. The zero-order chi connectivity index (χ0) is 19.8. The van der Waals surface area contributed by atoms with Crippen LogP contribution in [0.2, 0.25) is 0 Å². The minimum absolute atomic E-state index is 0.168. The highest BCUT2D eigenvalue weighted by Gasteiger charge is 2.57. The molecule has 4 atom stereocenters. The molecule has 27 heavy (non-hydrogen) atoms. The Morgan fingerprint density at radius 2 is 1.74 bits per heavy atom. The molecule has 1 heterocycles. The summed E-state index contributed by atoms with van der Waals surface area (Å²) in [7, 11) is 1.53. The van der Waals surface area contributed by atoms with Crippen LogP contribution >= 0.6 is 0 Å². The molecule has 0 aliphatic carbocycles. The normalized spacial score (nSPS) is 27.4. The number of rotatable bonds is 4. The smallest absolute Gasteiger partial charge is 0.325 e. The van der Waals surface area contributed by atoms with Crippen LogP contribution in [0.5, 0.6) is 5.75 Å². The predicted molar refractivity (Wildman–Crippen MR) is 89.0 cm³/mol. The second-order valence-corrected chi connectivity index (χ2v) is 6.39. The first-order valence-electron chi connectivity index (χ1n) is 8.22.